The summed E-state index contributed by atoms with van der Waals surface area (Å²) in [6, 6.07) is 8.28. The van der Waals surface area contributed by atoms with E-state index >= 15 is 0 Å². The maximum Gasteiger partial charge on any atom is 0.247 e. The molecule has 3 aromatic heterocycles. The standard InChI is InChI=1S/C19H20N8O/c1-25-13-14(12-21-25)17-18-23-19(24-27(18)7-6-20-17)22-15-2-4-16(5-3-15)26-8-10-28-11-9-26/h2-7,12-13H,8-11H2,1H3,(H,22,24). The normalized spacial score (nSPS) is 14.5. The molecule has 142 valence electrons. The van der Waals surface area contributed by atoms with Crippen LogP contribution in [0.5, 0.6) is 0 Å². The van der Waals surface area contributed by atoms with Gasteiger partial charge >= 0.3 is 0 Å². The highest BCUT2D eigenvalue weighted by Crippen LogP contribution is 2.24. The predicted molar refractivity (Wildman–Crippen MR) is 106 cm³/mol. The molecule has 0 spiro atoms. The molecular formula is C19H20N8O. The first-order valence-electron chi connectivity index (χ1n) is 9.16. The Hall–Kier alpha value is -3.46. The fourth-order valence-electron chi connectivity index (χ4n) is 3.32. The minimum Gasteiger partial charge on any atom is -0.378 e. The molecule has 9 nitrogen and oxygen atoms in total. The van der Waals surface area contributed by atoms with E-state index in [2.05, 4.69) is 42.5 Å². The molecule has 0 unspecified atom stereocenters. The molecule has 0 saturated carbocycles. The Morgan fingerprint density at radius 1 is 1.11 bits per heavy atom. The van der Waals surface area contributed by atoms with Crippen LogP contribution in [-0.2, 0) is 11.8 Å². The lowest BCUT2D eigenvalue weighted by Crippen LogP contribution is -2.36. The summed E-state index contributed by atoms with van der Waals surface area (Å²) >= 11 is 0. The van der Waals surface area contributed by atoms with Gasteiger partial charge in [0.1, 0.15) is 5.69 Å². The molecular weight excluding hydrogens is 356 g/mol. The van der Waals surface area contributed by atoms with Gasteiger partial charge in [-0.2, -0.15) is 10.1 Å². The summed E-state index contributed by atoms with van der Waals surface area (Å²) in [5, 5.41) is 12.0. The van der Waals surface area contributed by atoms with Gasteiger partial charge in [0, 0.05) is 55.7 Å². The number of nitrogens with zero attached hydrogens (tertiary/aromatic N) is 7. The summed E-state index contributed by atoms with van der Waals surface area (Å²) in [4.78, 5) is 11.4. The highest BCUT2D eigenvalue weighted by atomic mass is 16.5. The number of anilines is 3. The number of hydrogen-bond acceptors (Lipinski definition) is 7. The Morgan fingerprint density at radius 3 is 2.68 bits per heavy atom. The average Bonchev–Trinajstić information content (AvgIpc) is 3.34. The van der Waals surface area contributed by atoms with E-state index in [1.165, 1.54) is 5.69 Å². The number of ether oxygens (including phenoxy) is 1. The second-order valence-corrected chi connectivity index (χ2v) is 6.65. The smallest absolute Gasteiger partial charge is 0.247 e. The van der Waals surface area contributed by atoms with Crippen LogP contribution >= 0.6 is 0 Å². The van der Waals surface area contributed by atoms with E-state index in [1.807, 2.05) is 25.4 Å². The summed E-state index contributed by atoms with van der Waals surface area (Å²) in [7, 11) is 1.88. The Labute approximate surface area is 161 Å². The number of fused-ring (bicyclic) bond motifs is 1. The molecule has 1 fully saturated rings. The Balaban J connectivity index is 1.39. The number of aromatic nitrogens is 6. The number of aryl methyl sites for hydroxylation is 1. The summed E-state index contributed by atoms with van der Waals surface area (Å²) in [6.07, 6.45) is 7.18. The van der Waals surface area contributed by atoms with E-state index in [0.717, 1.165) is 43.2 Å². The molecule has 4 aromatic rings. The summed E-state index contributed by atoms with van der Waals surface area (Å²) in [5.41, 5.74) is 4.47. The third kappa shape index (κ3) is 3.16. The third-order valence-corrected chi connectivity index (χ3v) is 4.73. The number of nitrogens with one attached hydrogen (secondary N) is 1. The fourth-order valence-corrected chi connectivity index (χ4v) is 3.32. The van der Waals surface area contributed by atoms with Crippen molar-refractivity contribution in [1.82, 2.24) is 29.4 Å². The SMILES string of the molecule is Cn1cc(-c2nccn3nc(Nc4ccc(N5CCOCC5)cc4)nc23)cn1. The van der Waals surface area contributed by atoms with Crippen LogP contribution in [0, 0.1) is 0 Å². The quantitative estimate of drug-likeness (QED) is 0.584. The molecule has 0 atom stereocenters. The third-order valence-electron chi connectivity index (χ3n) is 4.73. The van der Waals surface area contributed by atoms with Crippen molar-refractivity contribution in [1.29, 1.82) is 0 Å². The zero-order valence-electron chi connectivity index (χ0n) is 15.5. The van der Waals surface area contributed by atoms with Crippen LogP contribution < -0.4 is 10.2 Å². The van der Waals surface area contributed by atoms with Crippen LogP contribution in [-0.4, -0.2) is 55.7 Å². The molecule has 0 bridgehead atoms. The monoisotopic (exact) mass is 376 g/mol. The van der Waals surface area contributed by atoms with E-state index in [1.54, 1.807) is 27.8 Å². The summed E-state index contributed by atoms with van der Waals surface area (Å²) < 4.78 is 8.88. The number of rotatable bonds is 4. The van der Waals surface area contributed by atoms with Gasteiger partial charge in [-0.15, -0.1) is 5.10 Å². The number of morpholine rings is 1. The van der Waals surface area contributed by atoms with Crippen molar-refractivity contribution in [2.75, 3.05) is 36.5 Å². The first kappa shape index (κ1) is 16.7. The molecule has 0 amide bonds. The fraction of sp³-hybridized carbons (Fsp3) is 0.263. The first-order valence-corrected chi connectivity index (χ1v) is 9.16. The maximum atomic E-state index is 5.41. The van der Waals surface area contributed by atoms with Crippen LogP contribution in [0.3, 0.4) is 0 Å². The van der Waals surface area contributed by atoms with Crippen molar-refractivity contribution < 1.29 is 4.74 Å². The van der Waals surface area contributed by atoms with Crippen LogP contribution in [0.15, 0.2) is 49.1 Å². The molecule has 1 aliphatic rings. The Kier molecular flexibility index (Phi) is 4.13. The molecule has 4 heterocycles. The molecule has 9 heteroatoms. The van der Waals surface area contributed by atoms with Gasteiger partial charge in [-0.25, -0.2) is 4.52 Å². The van der Waals surface area contributed by atoms with Gasteiger partial charge in [-0.3, -0.25) is 9.67 Å². The van der Waals surface area contributed by atoms with Crippen molar-refractivity contribution in [3.8, 4) is 11.3 Å². The van der Waals surface area contributed by atoms with E-state index in [0.29, 0.717) is 11.6 Å². The Bertz CT molecular complexity index is 1090. The largest absolute Gasteiger partial charge is 0.378 e. The van der Waals surface area contributed by atoms with E-state index in [4.69, 9.17) is 4.74 Å². The van der Waals surface area contributed by atoms with Crippen LogP contribution in [0.25, 0.3) is 16.9 Å². The highest BCUT2D eigenvalue weighted by molar-refractivity contribution is 5.73. The Morgan fingerprint density at radius 2 is 1.93 bits per heavy atom. The summed E-state index contributed by atoms with van der Waals surface area (Å²) in [5.74, 6) is 0.525. The second-order valence-electron chi connectivity index (χ2n) is 6.65. The molecule has 1 saturated heterocycles. The molecule has 5 rings (SSSR count). The molecule has 1 aromatic carbocycles. The number of hydrogen-bond donors (Lipinski definition) is 1. The highest BCUT2D eigenvalue weighted by Gasteiger charge is 2.13. The molecule has 28 heavy (non-hydrogen) atoms. The maximum absolute atomic E-state index is 5.41. The van der Waals surface area contributed by atoms with Gasteiger partial charge in [-0.05, 0) is 24.3 Å². The molecule has 0 radical (unpaired) electrons. The second kappa shape index (κ2) is 6.93. The van der Waals surface area contributed by atoms with E-state index in [9.17, 15) is 0 Å². The lowest BCUT2D eigenvalue weighted by molar-refractivity contribution is 0.122. The minimum atomic E-state index is 0.525. The molecule has 1 N–H and O–H groups in total. The van der Waals surface area contributed by atoms with Gasteiger partial charge in [0.25, 0.3) is 0 Å². The first-order chi connectivity index (χ1) is 13.8. The van der Waals surface area contributed by atoms with E-state index < -0.39 is 0 Å². The van der Waals surface area contributed by atoms with Crippen LogP contribution in [0.2, 0.25) is 0 Å². The summed E-state index contributed by atoms with van der Waals surface area (Å²) in [6.45, 7) is 3.40. The topological polar surface area (TPSA) is 85.4 Å². The predicted octanol–water partition coefficient (Wildman–Crippen LogP) is 2.10. The zero-order valence-corrected chi connectivity index (χ0v) is 15.5. The zero-order chi connectivity index (χ0) is 18.9. The lowest BCUT2D eigenvalue weighted by Gasteiger charge is -2.28. The molecule has 1 aliphatic heterocycles. The average molecular weight is 376 g/mol. The van der Waals surface area contributed by atoms with Crippen molar-refractivity contribution in [2.24, 2.45) is 7.05 Å². The van der Waals surface area contributed by atoms with Gasteiger partial charge in [0.05, 0.1) is 19.4 Å². The van der Waals surface area contributed by atoms with E-state index in [-0.39, 0.29) is 0 Å². The minimum absolute atomic E-state index is 0.525. The van der Waals surface area contributed by atoms with Crippen LogP contribution in [0.4, 0.5) is 17.3 Å². The van der Waals surface area contributed by atoms with Gasteiger partial charge < -0.3 is 15.0 Å². The van der Waals surface area contributed by atoms with Gasteiger partial charge in [-0.1, -0.05) is 0 Å². The van der Waals surface area contributed by atoms with Crippen molar-refractivity contribution >= 4 is 23.0 Å². The molecule has 0 aliphatic carbocycles. The van der Waals surface area contributed by atoms with Crippen molar-refractivity contribution in [3.05, 3.63) is 49.1 Å². The van der Waals surface area contributed by atoms with Gasteiger partial charge in [0.2, 0.25) is 5.95 Å². The lowest BCUT2D eigenvalue weighted by atomic mass is 10.2. The van der Waals surface area contributed by atoms with Gasteiger partial charge in [0.15, 0.2) is 5.65 Å². The van der Waals surface area contributed by atoms with Crippen molar-refractivity contribution in [2.45, 2.75) is 0 Å². The van der Waals surface area contributed by atoms with Crippen molar-refractivity contribution in [3.63, 3.8) is 0 Å². The number of benzene rings is 1. The van der Waals surface area contributed by atoms with Crippen LogP contribution in [0.1, 0.15) is 0 Å².